The first-order valence-corrected chi connectivity index (χ1v) is 11.1. The van der Waals surface area contributed by atoms with Gasteiger partial charge in [-0.05, 0) is 72.6 Å². The van der Waals surface area contributed by atoms with Crippen molar-refractivity contribution in [2.45, 2.75) is 25.9 Å². The van der Waals surface area contributed by atoms with Gasteiger partial charge in [-0.25, -0.2) is 0 Å². The maximum absolute atomic E-state index is 12.8. The molecule has 0 saturated heterocycles. The van der Waals surface area contributed by atoms with Gasteiger partial charge in [-0.15, -0.1) is 0 Å². The summed E-state index contributed by atoms with van der Waals surface area (Å²) in [5.41, 5.74) is 1.57. The molecule has 0 aliphatic rings. The first-order chi connectivity index (χ1) is 15.5. The molecule has 0 aromatic heterocycles. The number of hydrogen-bond acceptors (Lipinski definition) is 3. The van der Waals surface area contributed by atoms with Crippen molar-refractivity contribution < 1.29 is 14.3 Å². The van der Waals surface area contributed by atoms with Crippen LogP contribution in [0, 0.1) is 0 Å². The molecule has 0 heterocycles. The number of carbonyl (C=O) groups excluding carboxylic acids is 2. The largest absolute Gasteiger partial charge is 0.494 e. The van der Waals surface area contributed by atoms with Gasteiger partial charge in [0, 0.05) is 21.2 Å². The Labute approximate surface area is 197 Å². The SMILES string of the molecule is CCCCOc1ccc(C(NC(=O)c2ccc(Cl)cc2)NC(=O)c2ccc(Cl)cc2)cc1. The predicted octanol–water partition coefficient (Wildman–Crippen LogP) is 6.03. The number of amides is 2. The molecule has 0 atom stereocenters. The minimum atomic E-state index is -0.758. The quantitative estimate of drug-likeness (QED) is 0.296. The lowest BCUT2D eigenvalue weighted by Crippen LogP contribution is -2.41. The van der Waals surface area contributed by atoms with Crippen LogP contribution >= 0.6 is 23.2 Å². The number of halogens is 2. The van der Waals surface area contributed by atoms with Gasteiger partial charge in [0.25, 0.3) is 11.8 Å². The summed E-state index contributed by atoms with van der Waals surface area (Å²) in [4.78, 5) is 25.6. The molecule has 0 fully saturated rings. The first-order valence-electron chi connectivity index (χ1n) is 10.3. The fraction of sp³-hybridized carbons (Fsp3) is 0.200. The molecule has 0 aliphatic heterocycles. The zero-order valence-corrected chi connectivity index (χ0v) is 19.1. The number of carbonyl (C=O) groups is 2. The van der Waals surface area contributed by atoms with Crippen molar-refractivity contribution in [3.8, 4) is 5.75 Å². The van der Waals surface area contributed by atoms with E-state index < -0.39 is 6.17 Å². The maximum Gasteiger partial charge on any atom is 0.253 e. The van der Waals surface area contributed by atoms with Crippen molar-refractivity contribution in [3.05, 3.63) is 99.5 Å². The van der Waals surface area contributed by atoms with Crippen LogP contribution in [0.3, 0.4) is 0 Å². The first kappa shape index (κ1) is 23.6. The van der Waals surface area contributed by atoms with Crippen molar-refractivity contribution in [3.63, 3.8) is 0 Å². The van der Waals surface area contributed by atoms with E-state index in [9.17, 15) is 9.59 Å². The number of hydrogen-bond donors (Lipinski definition) is 2. The van der Waals surface area contributed by atoms with Crippen LogP contribution in [0.15, 0.2) is 72.8 Å². The van der Waals surface area contributed by atoms with Crippen LogP contribution in [0.25, 0.3) is 0 Å². The molecule has 166 valence electrons. The number of rotatable bonds is 9. The van der Waals surface area contributed by atoms with Crippen molar-refractivity contribution in [1.29, 1.82) is 0 Å². The van der Waals surface area contributed by atoms with E-state index in [0.29, 0.717) is 33.3 Å². The van der Waals surface area contributed by atoms with Crippen molar-refractivity contribution >= 4 is 35.0 Å². The smallest absolute Gasteiger partial charge is 0.253 e. The number of benzene rings is 3. The predicted molar refractivity (Wildman–Crippen MR) is 127 cm³/mol. The monoisotopic (exact) mass is 470 g/mol. The van der Waals surface area contributed by atoms with E-state index in [4.69, 9.17) is 27.9 Å². The van der Waals surface area contributed by atoms with Gasteiger partial charge in [-0.3, -0.25) is 9.59 Å². The van der Waals surface area contributed by atoms with E-state index in [1.54, 1.807) is 48.5 Å². The Kier molecular flexibility index (Phi) is 8.54. The molecule has 7 heteroatoms. The van der Waals surface area contributed by atoms with E-state index in [1.165, 1.54) is 0 Å². The third-order valence-electron chi connectivity index (χ3n) is 4.74. The van der Waals surface area contributed by atoms with E-state index in [0.717, 1.165) is 18.6 Å². The molecule has 3 aromatic rings. The summed E-state index contributed by atoms with van der Waals surface area (Å²) in [7, 11) is 0. The van der Waals surface area contributed by atoms with E-state index in [1.807, 2.05) is 24.3 Å². The van der Waals surface area contributed by atoms with Gasteiger partial charge in [0.2, 0.25) is 0 Å². The molecule has 2 amide bonds. The van der Waals surface area contributed by atoms with Crippen LogP contribution < -0.4 is 15.4 Å². The van der Waals surface area contributed by atoms with Gasteiger partial charge in [0.1, 0.15) is 11.9 Å². The van der Waals surface area contributed by atoms with Crippen LogP contribution in [0.5, 0.6) is 5.75 Å². The Morgan fingerprint density at radius 3 is 1.69 bits per heavy atom. The van der Waals surface area contributed by atoms with Crippen molar-refractivity contribution in [1.82, 2.24) is 10.6 Å². The second-order valence-electron chi connectivity index (χ2n) is 7.16. The number of nitrogens with one attached hydrogen (secondary N) is 2. The van der Waals surface area contributed by atoms with E-state index in [2.05, 4.69) is 17.6 Å². The third kappa shape index (κ3) is 6.74. The Bertz CT molecular complexity index is 977. The highest BCUT2D eigenvalue weighted by molar-refractivity contribution is 6.31. The fourth-order valence-corrected chi connectivity index (χ4v) is 3.18. The van der Waals surface area contributed by atoms with E-state index >= 15 is 0 Å². The van der Waals surface area contributed by atoms with Crippen LogP contribution in [-0.2, 0) is 0 Å². The molecular formula is C25H24Cl2N2O3. The van der Waals surface area contributed by atoms with Gasteiger partial charge < -0.3 is 15.4 Å². The van der Waals surface area contributed by atoms with Crippen LogP contribution in [0.4, 0.5) is 0 Å². The summed E-state index contributed by atoms with van der Waals surface area (Å²) >= 11 is 11.8. The number of unbranched alkanes of at least 4 members (excludes halogenated alkanes) is 1. The molecule has 32 heavy (non-hydrogen) atoms. The molecule has 0 radical (unpaired) electrons. The fourth-order valence-electron chi connectivity index (χ4n) is 2.92. The van der Waals surface area contributed by atoms with Crippen LogP contribution in [0.2, 0.25) is 10.0 Å². The van der Waals surface area contributed by atoms with Gasteiger partial charge in [-0.1, -0.05) is 48.7 Å². The molecule has 3 aromatic carbocycles. The zero-order chi connectivity index (χ0) is 22.9. The molecular weight excluding hydrogens is 447 g/mol. The molecule has 0 aliphatic carbocycles. The summed E-state index contributed by atoms with van der Waals surface area (Å²) in [6.07, 6.45) is 1.26. The van der Waals surface area contributed by atoms with Crippen molar-refractivity contribution in [2.75, 3.05) is 6.61 Å². The Balaban J connectivity index is 1.79. The second kappa shape index (κ2) is 11.6. The summed E-state index contributed by atoms with van der Waals surface area (Å²) in [6.45, 7) is 2.74. The Morgan fingerprint density at radius 1 is 0.781 bits per heavy atom. The molecule has 0 unspecified atom stereocenters. The van der Waals surface area contributed by atoms with Crippen molar-refractivity contribution in [2.24, 2.45) is 0 Å². The molecule has 0 bridgehead atoms. The second-order valence-corrected chi connectivity index (χ2v) is 8.04. The van der Waals surface area contributed by atoms with Gasteiger partial charge >= 0.3 is 0 Å². The summed E-state index contributed by atoms with van der Waals surface area (Å²) in [6, 6.07) is 20.3. The minimum absolute atomic E-state index is 0.341. The molecule has 2 N–H and O–H groups in total. The van der Waals surface area contributed by atoms with Gasteiger partial charge in [0.15, 0.2) is 0 Å². The normalized spacial score (nSPS) is 10.6. The maximum atomic E-state index is 12.8. The lowest BCUT2D eigenvalue weighted by atomic mass is 10.1. The summed E-state index contributed by atoms with van der Waals surface area (Å²) in [5.74, 6) is 0.0479. The summed E-state index contributed by atoms with van der Waals surface area (Å²) < 4.78 is 5.70. The standard InChI is InChI=1S/C25H24Cl2N2O3/c1-2-3-16-32-22-14-8-17(9-15-22)23(28-24(30)18-4-10-20(26)11-5-18)29-25(31)19-6-12-21(27)13-7-19/h4-15,23H,2-3,16H2,1H3,(H,28,30)(H,29,31). The average molecular weight is 471 g/mol. The summed E-state index contributed by atoms with van der Waals surface area (Å²) in [5, 5.41) is 6.81. The molecule has 0 spiro atoms. The molecule has 3 rings (SSSR count). The Morgan fingerprint density at radius 2 is 1.25 bits per heavy atom. The zero-order valence-electron chi connectivity index (χ0n) is 17.6. The highest BCUT2D eigenvalue weighted by Gasteiger charge is 2.19. The topological polar surface area (TPSA) is 67.4 Å². The highest BCUT2D eigenvalue weighted by Crippen LogP contribution is 2.19. The average Bonchev–Trinajstić information content (AvgIpc) is 2.80. The number of ether oxygens (including phenoxy) is 1. The lowest BCUT2D eigenvalue weighted by Gasteiger charge is -2.21. The molecule has 5 nitrogen and oxygen atoms in total. The molecule has 0 saturated carbocycles. The van der Waals surface area contributed by atoms with Crippen LogP contribution in [0.1, 0.15) is 52.2 Å². The minimum Gasteiger partial charge on any atom is -0.494 e. The third-order valence-corrected chi connectivity index (χ3v) is 5.25. The van der Waals surface area contributed by atoms with Gasteiger partial charge in [0.05, 0.1) is 6.61 Å². The Hall–Kier alpha value is -3.02. The van der Waals surface area contributed by atoms with E-state index in [-0.39, 0.29) is 11.8 Å². The lowest BCUT2D eigenvalue weighted by molar-refractivity contribution is 0.0883. The van der Waals surface area contributed by atoms with Crippen LogP contribution in [-0.4, -0.2) is 18.4 Å². The highest BCUT2D eigenvalue weighted by atomic mass is 35.5. The van der Waals surface area contributed by atoms with Gasteiger partial charge in [-0.2, -0.15) is 0 Å².